The Bertz CT molecular complexity index is 716. The summed E-state index contributed by atoms with van der Waals surface area (Å²) >= 11 is 0. The lowest BCUT2D eigenvalue weighted by Gasteiger charge is -2.31. The number of rotatable bonds is 4. The lowest BCUT2D eigenvalue weighted by molar-refractivity contribution is -0.145. The van der Waals surface area contributed by atoms with Crippen LogP contribution in [0.3, 0.4) is 0 Å². The molecule has 0 aromatic carbocycles. The second kappa shape index (κ2) is 7.06. The molecule has 1 fully saturated rings. The number of pyridine rings is 1. The molecule has 3 heterocycles. The van der Waals surface area contributed by atoms with E-state index in [1.807, 2.05) is 0 Å². The summed E-state index contributed by atoms with van der Waals surface area (Å²) < 4.78 is 19.0. The molecule has 1 aromatic heterocycles. The molecule has 2 aliphatic heterocycles. The van der Waals surface area contributed by atoms with Crippen LogP contribution >= 0.6 is 0 Å². The molecule has 1 unspecified atom stereocenters. The molecule has 0 spiro atoms. The van der Waals surface area contributed by atoms with Gasteiger partial charge in [0.2, 0.25) is 11.8 Å². The van der Waals surface area contributed by atoms with Crippen molar-refractivity contribution in [3.8, 4) is 5.88 Å². The Hall–Kier alpha value is -2.68. The maximum Gasteiger partial charge on any atom is 0.306 e. The van der Waals surface area contributed by atoms with Gasteiger partial charge in [0.25, 0.3) is 0 Å². The number of carbonyl (C=O) groups excluding carboxylic acids is 1. The van der Waals surface area contributed by atoms with E-state index < -0.39 is 23.7 Å². The number of carboxylic acid groups (broad SMARTS) is 1. The minimum atomic E-state index is -0.822. The number of nitrogens with one attached hydrogen (secondary N) is 2. The molecule has 3 rings (SSSR count). The van der Waals surface area contributed by atoms with E-state index in [0.29, 0.717) is 31.6 Å². The van der Waals surface area contributed by atoms with Crippen LogP contribution in [0.15, 0.2) is 18.3 Å². The Morgan fingerprint density at radius 3 is 2.76 bits per heavy atom. The SMILES string of the molecule is COc1cc(C2=CC(C(=O)N3CCC(C(=O)O)CC3)NN2)c(F)cn1. The fraction of sp³-hybridized carbons (Fsp3) is 0.438. The van der Waals surface area contributed by atoms with Crippen molar-refractivity contribution in [1.82, 2.24) is 20.7 Å². The number of carbonyl (C=O) groups is 2. The number of likely N-dealkylation sites (tertiary alicyclic amines) is 1. The molecule has 3 N–H and O–H groups in total. The summed E-state index contributed by atoms with van der Waals surface area (Å²) in [5, 5.41) is 9.02. The van der Waals surface area contributed by atoms with Gasteiger partial charge in [0.05, 0.1) is 24.9 Å². The Morgan fingerprint density at radius 2 is 2.12 bits per heavy atom. The van der Waals surface area contributed by atoms with Gasteiger partial charge in [-0.05, 0) is 18.9 Å². The average Bonchev–Trinajstić information content (AvgIpc) is 3.11. The molecule has 0 saturated carbocycles. The number of hydrazine groups is 1. The van der Waals surface area contributed by atoms with Crippen LogP contribution in [-0.4, -0.2) is 53.1 Å². The highest BCUT2D eigenvalue weighted by Crippen LogP contribution is 2.23. The summed E-state index contributed by atoms with van der Waals surface area (Å²) in [7, 11) is 1.44. The second-order valence-corrected chi connectivity index (χ2v) is 5.97. The summed E-state index contributed by atoms with van der Waals surface area (Å²) in [6.07, 6.45) is 3.54. The number of amides is 1. The van der Waals surface area contributed by atoms with Crippen molar-refractivity contribution in [2.75, 3.05) is 20.2 Å². The van der Waals surface area contributed by atoms with Crippen LogP contribution in [0.2, 0.25) is 0 Å². The van der Waals surface area contributed by atoms with E-state index in [1.54, 1.807) is 11.0 Å². The molecule has 25 heavy (non-hydrogen) atoms. The van der Waals surface area contributed by atoms with Gasteiger partial charge < -0.3 is 20.2 Å². The predicted molar refractivity (Wildman–Crippen MR) is 85.7 cm³/mol. The molecule has 9 heteroatoms. The molecular formula is C16H19FN4O4. The van der Waals surface area contributed by atoms with Gasteiger partial charge in [-0.15, -0.1) is 0 Å². The first kappa shape index (κ1) is 17.2. The maximum absolute atomic E-state index is 14.0. The fourth-order valence-corrected chi connectivity index (χ4v) is 2.98. The van der Waals surface area contributed by atoms with E-state index in [9.17, 15) is 14.0 Å². The summed E-state index contributed by atoms with van der Waals surface area (Å²) in [4.78, 5) is 29.0. The smallest absolute Gasteiger partial charge is 0.306 e. The third-order valence-corrected chi connectivity index (χ3v) is 4.45. The van der Waals surface area contributed by atoms with Gasteiger partial charge >= 0.3 is 5.97 Å². The van der Waals surface area contributed by atoms with Crippen LogP contribution in [0.25, 0.3) is 5.70 Å². The quantitative estimate of drug-likeness (QED) is 0.721. The Labute approximate surface area is 143 Å². The van der Waals surface area contributed by atoms with Gasteiger partial charge in [0.15, 0.2) is 5.82 Å². The maximum atomic E-state index is 14.0. The van der Waals surface area contributed by atoms with Crippen molar-refractivity contribution >= 4 is 17.6 Å². The largest absolute Gasteiger partial charge is 0.481 e. The van der Waals surface area contributed by atoms with E-state index in [2.05, 4.69) is 15.8 Å². The summed E-state index contributed by atoms with van der Waals surface area (Å²) in [6, 6.07) is 0.802. The molecule has 0 bridgehead atoms. The molecule has 1 saturated heterocycles. The molecule has 1 aromatic rings. The minimum absolute atomic E-state index is 0.173. The van der Waals surface area contributed by atoms with Crippen LogP contribution in [-0.2, 0) is 9.59 Å². The van der Waals surface area contributed by atoms with E-state index in [4.69, 9.17) is 9.84 Å². The van der Waals surface area contributed by atoms with Gasteiger partial charge in [-0.3, -0.25) is 9.59 Å². The molecular weight excluding hydrogens is 331 g/mol. The lowest BCUT2D eigenvalue weighted by Crippen LogP contribution is -2.49. The summed E-state index contributed by atoms with van der Waals surface area (Å²) in [6.45, 7) is 0.795. The van der Waals surface area contributed by atoms with Gasteiger partial charge in [-0.1, -0.05) is 0 Å². The number of aromatic nitrogens is 1. The molecule has 0 aliphatic carbocycles. The topological polar surface area (TPSA) is 104 Å². The minimum Gasteiger partial charge on any atom is -0.481 e. The van der Waals surface area contributed by atoms with Crippen molar-refractivity contribution in [2.24, 2.45) is 5.92 Å². The Morgan fingerprint density at radius 1 is 1.40 bits per heavy atom. The van der Waals surface area contributed by atoms with Crippen LogP contribution < -0.4 is 15.6 Å². The number of hydrogen-bond acceptors (Lipinski definition) is 6. The highest BCUT2D eigenvalue weighted by atomic mass is 19.1. The van der Waals surface area contributed by atoms with Gasteiger partial charge in [-0.25, -0.2) is 14.8 Å². The molecule has 2 aliphatic rings. The first-order valence-electron chi connectivity index (χ1n) is 7.94. The standard InChI is InChI=1S/C16H19FN4O4/c1-25-14-6-10(11(17)8-18-14)12-7-13(20-19-12)15(22)21-4-2-9(3-5-21)16(23)24/h6-9,13,19-20H,2-5H2,1H3,(H,23,24). The number of methoxy groups -OCH3 is 1. The fourth-order valence-electron chi connectivity index (χ4n) is 2.98. The van der Waals surface area contributed by atoms with E-state index >= 15 is 0 Å². The zero-order valence-corrected chi connectivity index (χ0v) is 13.7. The summed E-state index contributed by atoms with van der Waals surface area (Å²) in [5.41, 5.74) is 6.31. The van der Waals surface area contributed by atoms with Crippen LogP contribution in [0.4, 0.5) is 4.39 Å². The van der Waals surface area contributed by atoms with Crippen molar-refractivity contribution in [1.29, 1.82) is 0 Å². The van der Waals surface area contributed by atoms with E-state index in [1.165, 1.54) is 13.2 Å². The number of piperidine rings is 1. The monoisotopic (exact) mass is 350 g/mol. The first-order valence-corrected chi connectivity index (χ1v) is 7.94. The average molecular weight is 350 g/mol. The predicted octanol–water partition coefficient (Wildman–Crippen LogP) is 0.370. The summed E-state index contributed by atoms with van der Waals surface area (Å²) in [5.74, 6) is -1.66. The third-order valence-electron chi connectivity index (χ3n) is 4.45. The second-order valence-electron chi connectivity index (χ2n) is 5.97. The van der Waals surface area contributed by atoms with Crippen molar-refractivity contribution in [3.63, 3.8) is 0 Å². The number of aliphatic carboxylic acids is 1. The van der Waals surface area contributed by atoms with Gasteiger partial charge in [0, 0.05) is 24.7 Å². The first-order chi connectivity index (χ1) is 12.0. The normalized spacial score (nSPS) is 20.8. The van der Waals surface area contributed by atoms with Crippen molar-refractivity contribution in [2.45, 2.75) is 18.9 Å². The molecule has 0 radical (unpaired) electrons. The number of halogens is 1. The molecule has 1 atom stereocenters. The van der Waals surface area contributed by atoms with Gasteiger partial charge in [-0.2, -0.15) is 0 Å². The van der Waals surface area contributed by atoms with Crippen molar-refractivity contribution < 1.29 is 23.8 Å². The number of nitrogens with zero attached hydrogens (tertiary/aromatic N) is 2. The Balaban J connectivity index is 1.69. The third kappa shape index (κ3) is 3.55. The van der Waals surface area contributed by atoms with Crippen LogP contribution in [0.5, 0.6) is 5.88 Å². The van der Waals surface area contributed by atoms with Crippen molar-refractivity contribution in [3.05, 3.63) is 29.7 Å². The van der Waals surface area contributed by atoms with E-state index in [0.717, 1.165) is 6.20 Å². The number of hydrogen-bond donors (Lipinski definition) is 3. The molecule has 134 valence electrons. The molecule has 1 amide bonds. The Kier molecular flexibility index (Phi) is 4.84. The molecule has 8 nitrogen and oxygen atoms in total. The van der Waals surface area contributed by atoms with Crippen LogP contribution in [0, 0.1) is 11.7 Å². The van der Waals surface area contributed by atoms with Crippen LogP contribution in [0.1, 0.15) is 18.4 Å². The number of carboxylic acids is 1. The highest BCUT2D eigenvalue weighted by molar-refractivity contribution is 5.88. The highest BCUT2D eigenvalue weighted by Gasteiger charge is 2.32. The number of ether oxygens (including phenoxy) is 1. The zero-order chi connectivity index (χ0) is 18.0. The zero-order valence-electron chi connectivity index (χ0n) is 13.7. The van der Waals surface area contributed by atoms with Gasteiger partial charge in [0.1, 0.15) is 6.04 Å². The van der Waals surface area contributed by atoms with E-state index in [-0.39, 0.29) is 17.4 Å². The lowest BCUT2D eigenvalue weighted by atomic mass is 9.96.